The van der Waals surface area contributed by atoms with Crippen molar-refractivity contribution in [3.05, 3.63) is 53.1 Å². The first-order chi connectivity index (χ1) is 12.4. The Morgan fingerprint density at radius 1 is 1.31 bits per heavy atom. The van der Waals surface area contributed by atoms with Gasteiger partial charge in [0, 0.05) is 36.7 Å². The number of oxazole rings is 1. The SMILES string of the molecule is Cn1cc(C(N)=O)c(NC(=O)CCc2ncc(-c3ccc(Cl)cc3)o2)n1. The molecule has 2 heterocycles. The minimum Gasteiger partial charge on any atom is -0.441 e. The zero-order valence-corrected chi connectivity index (χ0v) is 14.7. The molecule has 3 rings (SSSR count). The first-order valence-electron chi connectivity index (χ1n) is 7.76. The van der Waals surface area contributed by atoms with E-state index in [1.54, 1.807) is 25.4 Å². The van der Waals surface area contributed by atoms with E-state index in [0.717, 1.165) is 5.56 Å². The number of nitrogens with zero attached hydrogens (tertiary/aromatic N) is 3. The van der Waals surface area contributed by atoms with Gasteiger partial charge < -0.3 is 15.5 Å². The summed E-state index contributed by atoms with van der Waals surface area (Å²) in [6.07, 6.45) is 3.47. The van der Waals surface area contributed by atoms with Crippen LogP contribution in [0.4, 0.5) is 5.82 Å². The van der Waals surface area contributed by atoms with Gasteiger partial charge >= 0.3 is 0 Å². The third-order valence-corrected chi connectivity index (χ3v) is 3.85. The van der Waals surface area contributed by atoms with Gasteiger partial charge in [0.2, 0.25) is 5.91 Å². The Labute approximate surface area is 154 Å². The second-order valence-electron chi connectivity index (χ2n) is 5.60. The molecule has 0 radical (unpaired) electrons. The Bertz CT molecular complexity index is 946. The van der Waals surface area contributed by atoms with Crippen LogP contribution in [0.2, 0.25) is 5.02 Å². The average molecular weight is 374 g/mol. The molecule has 3 N–H and O–H groups in total. The van der Waals surface area contributed by atoms with E-state index in [9.17, 15) is 9.59 Å². The topological polar surface area (TPSA) is 116 Å². The van der Waals surface area contributed by atoms with Crippen molar-refractivity contribution in [2.75, 3.05) is 5.32 Å². The van der Waals surface area contributed by atoms with Crippen LogP contribution < -0.4 is 11.1 Å². The van der Waals surface area contributed by atoms with Crippen LogP contribution >= 0.6 is 11.6 Å². The molecule has 0 atom stereocenters. The van der Waals surface area contributed by atoms with E-state index in [1.165, 1.54) is 10.9 Å². The summed E-state index contributed by atoms with van der Waals surface area (Å²) in [5.74, 6) is 0.185. The number of benzene rings is 1. The quantitative estimate of drug-likeness (QED) is 0.688. The molecule has 0 saturated heterocycles. The number of rotatable bonds is 6. The first-order valence-corrected chi connectivity index (χ1v) is 8.14. The number of halogens is 1. The number of carbonyl (C=O) groups excluding carboxylic acids is 2. The van der Waals surface area contributed by atoms with Gasteiger partial charge in [-0.2, -0.15) is 5.10 Å². The van der Waals surface area contributed by atoms with E-state index in [0.29, 0.717) is 23.1 Å². The van der Waals surface area contributed by atoms with Gasteiger partial charge in [-0.1, -0.05) is 11.6 Å². The summed E-state index contributed by atoms with van der Waals surface area (Å²) in [4.78, 5) is 27.6. The molecule has 0 aliphatic rings. The number of anilines is 1. The second kappa shape index (κ2) is 7.40. The molecule has 2 aromatic heterocycles. The number of hydrogen-bond acceptors (Lipinski definition) is 5. The molecule has 134 valence electrons. The maximum Gasteiger partial charge on any atom is 0.254 e. The summed E-state index contributed by atoms with van der Waals surface area (Å²) in [7, 11) is 1.63. The Hall–Kier alpha value is -3.13. The number of hydrogen-bond donors (Lipinski definition) is 2. The smallest absolute Gasteiger partial charge is 0.254 e. The standard InChI is InChI=1S/C17H16ClN5O3/c1-23-9-12(16(19)25)17(22-23)21-14(24)6-7-15-20-8-13(26-15)10-2-4-11(18)5-3-10/h2-5,8-9H,6-7H2,1H3,(H2,19,25)(H,21,22,24). The van der Waals surface area contributed by atoms with Crippen molar-refractivity contribution in [2.24, 2.45) is 12.8 Å². The molecule has 0 saturated carbocycles. The lowest BCUT2D eigenvalue weighted by Crippen LogP contribution is -2.17. The first kappa shape index (κ1) is 17.7. The van der Waals surface area contributed by atoms with Gasteiger partial charge in [-0.05, 0) is 24.3 Å². The van der Waals surface area contributed by atoms with Crippen molar-refractivity contribution >= 4 is 29.2 Å². The molecule has 0 fully saturated rings. The van der Waals surface area contributed by atoms with Crippen molar-refractivity contribution in [1.29, 1.82) is 0 Å². The molecule has 0 aliphatic carbocycles. The number of aryl methyl sites for hydroxylation is 2. The summed E-state index contributed by atoms with van der Waals surface area (Å²) < 4.78 is 7.05. The molecule has 0 bridgehead atoms. The van der Waals surface area contributed by atoms with Crippen LogP contribution in [0.3, 0.4) is 0 Å². The molecule has 8 nitrogen and oxygen atoms in total. The van der Waals surface area contributed by atoms with E-state index in [2.05, 4.69) is 15.4 Å². The fraction of sp³-hybridized carbons (Fsp3) is 0.176. The van der Waals surface area contributed by atoms with Crippen LogP contribution in [0.15, 0.2) is 41.1 Å². The third-order valence-electron chi connectivity index (χ3n) is 3.60. The molecular weight excluding hydrogens is 358 g/mol. The van der Waals surface area contributed by atoms with Crippen molar-refractivity contribution in [1.82, 2.24) is 14.8 Å². The van der Waals surface area contributed by atoms with Gasteiger partial charge in [0.05, 0.1) is 6.20 Å². The molecule has 26 heavy (non-hydrogen) atoms. The summed E-state index contributed by atoms with van der Waals surface area (Å²) in [6.45, 7) is 0. The average Bonchev–Trinajstić information content (AvgIpc) is 3.20. The highest BCUT2D eigenvalue weighted by molar-refractivity contribution is 6.30. The predicted molar refractivity (Wildman–Crippen MR) is 95.6 cm³/mol. The van der Waals surface area contributed by atoms with Crippen molar-refractivity contribution < 1.29 is 14.0 Å². The normalized spacial score (nSPS) is 10.7. The second-order valence-corrected chi connectivity index (χ2v) is 6.04. The number of nitrogens with two attached hydrogens (primary N) is 1. The fourth-order valence-corrected chi connectivity index (χ4v) is 2.48. The number of nitrogens with one attached hydrogen (secondary N) is 1. The Morgan fingerprint density at radius 2 is 2.04 bits per heavy atom. The molecule has 0 spiro atoms. The fourth-order valence-electron chi connectivity index (χ4n) is 2.35. The largest absolute Gasteiger partial charge is 0.441 e. The summed E-state index contributed by atoms with van der Waals surface area (Å²) in [5.41, 5.74) is 6.26. The molecule has 0 unspecified atom stereocenters. The molecule has 0 aliphatic heterocycles. The van der Waals surface area contributed by atoms with Crippen LogP contribution in [0.5, 0.6) is 0 Å². The van der Waals surface area contributed by atoms with E-state index in [1.807, 2.05) is 12.1 Å². The van der Waals surface area contributed by atoms with E-state index >= 15 is 0 Å². The lowest BCUT2D eigenvalue weighted by Gasteiger charge is -2.02. The van der Waals surface area contributed by atoms with Crippen molar-refractivity contribution in [2.45, 2.75) is 12.8 Å². The van der Waals surface area contributed by atoms with E-state index in [-0.39, 0.29) is 23.7 Å². The minimum absolute atomic E-state index is 0.120. The van der Waals surface area contributed by atoms with Gasteiger partial charge in [0.1, 0.15) is 5.56 Å². The molecule has 2 amide bonds. The highest BCUT2D eigenvalue weighted by Crippen LogP contribution is 2.22. The summed E-state index contributed by atoms with van der Waals surface area (Å²) in [6, 6.07) is 7.17. The monoisotopic (exact) mass is 373 g/mol. The van der Waals surface area contributed by atoms with Gasteiger partial charge in [0.25, 0.3) is 5.91 Å². The van der Waals surface area contributed by atoms with Gasteiger partial charge in [-0.15, -0.1) is 0 Å². The van der Waals surface area contributed by atoms with Crippen LogP contribution in [-0.2, 0) is 18.3 Å². The van der Waals surface area contributed by atoms with Crippen LogP contribution in [0, 0.1) is 0 Å². The lowest BCUT2D eigenvalue weighted by atomic mass is 10.2. The highest BCUT2D eigenvalue weighted by Gasteiger charge is 2.16. The Kier molecular flexibility index (Phi) is 5.04. The minimum atomic E-state index is -0.659. The van der Waals surface area contributed by atoms with Gasteiger partial charge in [-0.25, -0.2) is 4.98 Å². The Morgan fingerprint density at radius 3 is 2.73 bits per heavy atom. The van der Waals surface area contributed by atoms with Crippen LogP contribution in [-0.4, -0.2) is 26.6 Å². The maximum atomic E-state index is 12.1. The van der Waals surface area contributed by atoms with Gasteiger partial charge in [-0.3, -0.25) is 14.3 Å². The number of primary amides is 1. The third kappa shape index (κ3) is 4.09. The molecule has 9 heteroatoms. The van der Waals surface area contributed by atoms with Crippen LogP contribution in [0.1, 0.15) is 22.7 Å². The van der Waals surface area contributed by atoms with Crippen molar-refractivity contribution in [3.63, 3.8) is 0 Å². The van der Waals surface area contributed by atoms with Gasteiger partial charge in [0.15, 0.2) is 17.5 Å². The molecular formula is C17H16ClN5O3. The zero-order chi connectivity index (χ0) is 18.7. The lowest BCUT2D eigenvalue weighted by molar-refractivity contribution is -0.116. The predicted octanol–water partition coefficient (Wildman–Crippen LogP) is 2.40. The van der Waals surface area contributed by atoms with E-state index < -0.39 is 5.91 Å². The van der Waals surface area contributed by atoms with E-state index in [4.69, 9.17) is 21.8 Å². The summed E-state index contributed by atoms with van der Waals surface area (Å²) >= 11 is 5.86. The maximum absolute atomic E-state index is 12.1. The Balaban J connectivity index is 1.60. The number of amides is 2. The van der Waals surface area contributed by atoms with Crippen LogP contribution in [0.25, 0.3) is 11.3 Å². The highest BCUT2D eigenvalue weighted by atomic mass is 35.5. The summed E-state index contributed by atoms with van der Waals surface area (Å²) in [5, 5.41) is 7.22. The number of carbonyl (C=O) groups is 2. The number of aromatic nitrogens is 3. The van der Waals surface area contributed by atoms with Crippen molar-refractivity contribution in [3.8, 4) is 11.3 Å². The molecule has 3 aromatic rings. The zero-order valence-electron chi connectivity index (χ0n) is 13.9. The molecule has 1 aromatic carbocycles.